The van der Waals surface area contributed by atoms with Crippen molar-refractivity contribution in [3.8, 4) is 5.75 Å². The van der Waals surface area contributed by atoms with Gasteiger partial charge in [-0.15, -0.1) is 0 Å². The lowest BCUT2D eigenvalue weighted by Crippen LogP contribution is -2.28. The van der Waals surface area contributed by atoms with E-state index in [0.717, 1.165) is 17.4 Å². The summed E-state index contributed by atoms with van der Waals surface area (Å²) in [5, 5.41) is 1.92. The highest BCUT2D eigenvalue weighted by Gasteiger charge is 2.24. The molecule has 5 nitrogen and oxygen atoms in total. The average Bonchev–Trinajstić information content (AvgIpc) is 3.50. The predicted octanol–water partition coefficient (Wildman–Crippen LogP) is 3.58. The molecule has 1 fully saturated rings. The third kappa shape index (κ3) is 4.07. The largest absolute Gasteiger partial charge is 0.491 e. The zero-order chi connectivity index (χ0) is 18.9. The van der Waals surface area contributed by atoms with E-state index < -0.39 is 10.0 Å². The molecule has 0 aliphatic carbocycles. The molecule has 140 valence electrons. The summed E-state index contributed by atoms with van der Waals surface area (Å²) in [7, 11) is -1.94. The molecule has 1 aliphatic heterocycles. The van der Waals surface area contributed by atoms with Gasteiger partial charge in [-0.25, -0.2) is 8.42 Å². The third-order valence-corrected chi connectivity index (χ3v) is 6.34. The topological polar surface area (TPSA) is 59.1 Å². The predicted molar refractivity (Wildman–Crippen MR) is 107 cm³/mol. The van der Waals surface area contributed by atoms with Gasteiger partial charge in [0.05, 0.1) is 18.0 Å². The van der Waals surface area contributed by atoms with E-state index in [9.17, 15) is 8.42 Å². The van der Waals surface area contributed by atoms with Gasteiger partial charge in [0.25, 0.3) is 0 Å². The van der Waals surface area contributed by atoms with Crippen molar-refractivity contribution in [1.29, 1.82) is 0 Å². The van der Waals surface area contributed by atoms with E-state index in [4.69, 9.17) is 9.47 Å². The van der Waals surface area contributed by atoms with Gasteiger partial charge in [0.15, 0.2) is 0 Å². The van der Waals surface area contributed by atoms with Crippen LogP contribution in [0.3, 0.4) is 0 Å². The fourth-order valence-corrected chi connectivity index (χ4v) is 4.27. The second-order valence-electron chi connectivity index (χ2n) is 6.64. The van der Waals surface area contributed by atoms with Crippen LogP contribution in [-0.2, 0) is 20.5 Å². The summed E-state index contributed by atoms with van der Waals surface area (Å²) in [6, 6.07) is 20.7. The van der Waals surface area contributed by atoms with Crippen molar-refractivity contribution >= 4 is 26.5 Å². The van der Waals surface area contributed by atoms with E-state index in [1.54, 1.807) is 19.2 Å². The van der Waals surface area contributed by atoms with Crippen LogP contribution >= 0.6 is 0 Å². The van der Waals surface area contributed by atoms with Gasteiger partial charge in [0, 0.05) is 12.4 Å². The van der Waals surface area contributed by atoms with Crippen molar-refractivity contribution in [3.63, 3.8) is 0 Å². The molecule has 4 rings (SSSR count). The fourth-order valence-electron chi connectivity index (χ4n) is 3.02. The average molecular weight is 383 g/mol. The fraction of sp³-hybridized carbons (Fsp3) is 0.238. The number of sulfonamides is 1. The monoisotopic (exact) mass is 383 g/mol. The molecule has 1 heterocycles. The van der Waals surface area contributed by atoms with E-state index in [1.807, 2.05) is 54.6 Å². The molecule has 3 aromatic rings. The number of rotatable bonds is 7. The molecular formula is C21H21NO4S. The minimum Gasteiger partial charge on any atom is -0.491 e. The molecule has 3 aromatic carbocycles. The highest BCUT2D eigenvalue weighted by molar-refractivity contribution is 7.92. The van der Waals surface area contributed by atoms with Crippen molar-refractivity contribution < 1.29 is 17.9 Å². The first-order valence-electron chi connectivity index (χ1n) is 8.81. The lowest BCUT2D eigenvalue weighted by atomic mass is 10.1. The van der Waals surface area contributed by atoms with Crippen LogP contribution in [0.2, 0.25) is 0 Å². The van der Waals surface area contributed by atoms with Gasteiger partial charge in [-0.05, 0) is 29.1 Å². The summed E-state index contributed by atoms with van der Waals surface area (Å²) in [6.07, 6.45) is 0.162. The number of fused-ring (bicyclic) bond motifs is 1. The number of epoxide rings is 1. The number of anilines is 1. The van der Waals surface area contributed by atoms with Gasteiger partial charge in [-0.2, -0.15) is 0 Å². The Morgan fingerprint density at radius 3 is 2.63 bits per heavy atom. The van der Waals surface area contributed by atoms with Crippen LogP contribution in [0, 0.1) is 0 Å². The van der Waals surface area contributed by atoms with Crippen molar-refractivity contribution in [2.45, 2.75) is 11.9 Å². The molecule has 0 saturated carbocycles. The summed E-state index contributed by atoms with van der Waals surface area (Å²) in [5.74, 6) is 0.565. The zero-order valence-electron chi connectivity index (χ0n) is 15.0. The highest BCUT2D eigenvalue weighted by atomic mass is 32.2. The Hall–Kier alpha value is -2.57. The molecule has 1 aliphatic rings. The summed E-state index contributed by atoms with van der Waals surface area (Å²) < 4.78 is 38.1. The maximum absolute atomic E-state index is 13.0. The molecule has 27 heavy (non-hydrogen) atoms. The van der Waals surface area contributed by atoms with E-state index in [1.165, 1.54) is 4.31 Å². The van der Waals surface area contributed by atoms with Crippen LogP contribution in [0.4, 0.5) is 5.69 Å². The number of nitrogens with zero attached hydrogens (tertiary/aromatic N) is 1. The Labute approximate surface area is 159 Å². The summed E-state index contributed by atoms with van der Waals surface area (Å²) in [4.78, 5) is 0. The van der Waals surface area contributed by atoms with E-state index >= 15 is 0 Å². The van der Waals surface area contributed by atoms with Gasteiger partial charge in [-0.1, -0.05) is 48.5 Å². The smallest absolute Gasteiger partial charge is 0.239 e. The summed E-state index contributed by atoms with van der Waals surface area (Å²) >= 11 is 0. The second-order valence-corrected chi connectivity index (χ2v) is 8.64. The van der Waals surface area contributed by atoms with E-state index in [0.29, 0.717) is 23.6 Å². The van der Waals surface area contributed by atoms with Gasteiger partial charge >= 0.3 is 0 Å². The lowest BCUT2D eigenvalue weighted by molar-refractivity contribution is 0.263. The highest BCUT2D eigenvalue weighted by Crippen LogP contribution is 2.29. The standard InChI is InChI=1S/C21H21NO4S/c1-22(21-11-5-8-17-7-2-3-10-20(17)21)27(23,24)15-16-6-4-9-18(12-16)25-13-19-14-26-19/h2-12,19H,13-15H2,1H3. The third-order valence-electron chi connectivity index (χ3n) is 4.61. The van der Waals surface area contributed by atoms with Crippen LogP contribution in [0.5, 0.6) is 5.75 Å². The molecule has 0 spiro atoms. The van der Waals surface area contributed by atoms with Crippen LogP contribution in [0.25, 0.3) is 10.8 Å². The summed E-state index contributed by atoms with van der Waals surface area (Å²) in [6.45, 7) is 1.22. The first-order chi connectivity index (χ1) is 13.0. The first-order valence-corrected chi connectivity index (χ1v) is 10.4. The molecule has 0 amide bonds. The van der Waals surface area contributed by atoms with Gasteiger partial charge in [-0.3, -0.25) is 4.31 Å². The molecule has 1 saturated heterocycles. The van der Waals surface area contributed by atoms with Crippen molar-refractivity contribution in [2.24, 2.45) is 0 Å². The van der Waals surface area contributed by atoms with Crippen LogP contribution in [0.1, 0.15) is 5.56 Å². The van der Waals surface area contributed by atoms with E-state index in [-0.39, 0.29) is 11.9 Å². The van der Waals surface area contributed by atoms with Gasteiger partial charge < -0.3 is 9.47 Å². The summed E-state index contributed by atoms with van der Waals surface area (Å²) in [5.41, 5.74) is 1.36. The maximum atomic E-state index is 13.0. The van der Waals surface area contributed by atoms with Crippen molar-refractivity contribution in [2.75, 3.05) is 24.6 Å². The van der Waals surface area contributed by atoms with Crippen molar-refractivity contribution in [1.82, 2.24) is 0 Å². The quantitative estimate of drug-likeness (QED) is 0.585. The Balaban J connectivity index is 1.56. The first kappa shape index (κ1) is 17.8. The van der Waals surface area contributed by atoms with E-state index in [2.05, 4.69) is 0 Å². The zero-order valence-corrected chi connectivity index (χ0v) is 15.9. The molecular weight excluding hydrogens is 362 g/mol. The SMILES string of the molecule is CN(c1cccc2ccccc12)S(=O)(=O)Cc1cccc(OCC2CO2)c1. The maximum Gasteiger partial charge on any atom is 0.239 e. The van der Waals surface area contributed by atoms with Crippen LogP contribution in [-0.4, -0.2) is 34.8 Å². The number of hydrogen-bond acceptors (Lipinski definition) is 4. The Morgan fingerprint density at radius 1 is 1.07 bits per heavy atom. The molecule has 0 aromatic heterocycles. The minimum atomic E-state index is -3.54. The Morgan fingerprint density at radius 2 is 1.81 bits per heavy atom. The second kappa shape index (κ2) is 7.21. The van der Waals surface area contributed by atoms with Gasteiger partial charge in [0.1, 0.15) is 18.5 Å². The van der Waals surface area contributed by atoms with Crippen molar-refractivity contribution in [3.05, 3.63) is 72.3 Å². The Kier molecular flexibility index (Phi) is 4.76. The molecule has 0 bridgehead atoms. The number of ether oxygens (including phenoxy) is 2. The number of hydrogen-bond donors (Lipinski definition) is 0. The molecule has 1 unspecified atom stereocenters. The molecule has 6 heteroatoms. The number of benzene rings is 3. The normalized spacial score (nSPS) is 16.3. The minimum absolute atomic E-state index is 0.0934. The molecule has 0 N–H and O–H groups in total. The Bertz CT molecular complexity index is 1060. The molecule has 1 atom stereocenters. The molecule has 0 radical (unpaired) electrons. The van der Waals surface area contributed by atoms with Gasteiger partial charge in [0.2, 0.25) is 10.0 Å². The van der Waals surface area contributed by atoms with Crippen LogP contribution < -0.4 is 9.04 Å². The van der Waals surface area contributed by atoms with Crippen LogP contribution in [0.15, 0.2) is 66.7 Å². The lowest BCUT2D eigenvalue weighted by Gasteiger charge is -2.21.